The molecule has 0 amide bonds. The topological polar surface area (TPSA) is 0 Å². The minimum atomic E-state index is 0.756. The second-order valence-corrected chi connectivity index (χ2v) is 11.4. The molecule has 2 heteroatoms. The minimum Gasteiger partial charge on any atom is -0.140 e. The molecule has 2 unspecified atom stereocenters. The molecule has 0 N–H and O–H groups in total. The largest absolute Gasteiger partial charge is 0.140 e. The Morgan fingerprint density at radius 3 is 1.45 bits per heavy atom. The van der Waals surface area contributed by atoms with Gasteiger partial charge in [0.2, 0.25) is 0 Å². The van der Waals surface area contributed by atoms with Crippen LogP contribution in [0.2, 0.25) is 0 Å². The van der Waals surface area contributed by atoms with Gasteiger partial charge in [-0.2, -0.15) is 0 Å². The SMILES string of the molecule is Cc1sc(-c2ccccc2)cc1C1=C(c2cc(-c3ccccc3)sc2C)C2CCCC12. The number of aryl methyl sites for hydroxylation is 2. The molecule has 2 atom stereocenters. The van der Waals surface area contributed by atoms with Gasteiger partial charge in [0.05, 0.1) is 0 Å². The summed E-state index contributed by atoms with van der Waals surface area (Å²) in [6.45, 7) is 4.63. The molecule has 154 valence electrons. The molecule has 1 fully saturated rings. The smallest absolute Gasteiger partial charge is 0.0351 e. The highest BCUT2D eigenvalue weighted by atomic mass is 32.1. The summed E-state index contributed by atoms with van der Waals surface area (Å²) in [5.41, 5.74) is 8.99. The van der Waals surface area contributed by atoms with Gasteiger partial charge in [0.15, 0.2) is 0 Å². The van der Waals surface area contributed by atoms with E-state index in [0.717, 1.165) is 11.8 Å². The zero-order chi connectivity index (χ0) is 20.9. The van der Waals surface area contributed by atoms with E-state index in [0.29, 0.717) is 0 Å². The van der Waals surface area contributed by atoms with Crippen LogP contribution in [-0.2, 0) is 0 Å². The van der Waals surface area contributed by atoms with Gasteiger partial charge in [0, 0.05) is 19.5 Å². The molecular weight excluding hydrogens is 412 g/mol. The van der Waals surface area contributed by atoms with Gasteiger partial charge in [0.1, 0.15) is 0 Å². The lowest BCUT2D eigenvalue weighted by atomic mass is 9.65. The minimum absolute atomic E-state index is 0.756. The highest BCUT2D eigenvalue weighted by molar-refractivity contribution is 7.16. The highest BCUT2D eigenvalue weighted by Gasteiger charge is 2.45. The number of fused-ring (bicyclic) bond motifs is 1. The summed E-state index contributed by atoms with van der Waals surface area (Å²) in [5.74, 6) is 1.51. The monoisotopic (exact) mass is 438 g/mol. The molecule has 2 heterocycles. The number of benzene rings is 2. The average Bonchev–Trinajstić information content (AvgIpc) is 3.49. The molecule has 2 aromatic carbocycles. The van der Waals surface area contributed by atoms with Gasteiger partial charge < -0.3 is 0 Å². The summed E-state index contributed by atoms with van der Waals surface area (Å²) in [4.78, 5) is 5.72. The third kappa shape index (κ3) is 3.16. The van der Waals surface area contributed by atoms with Crippen LogP contribution in [0.25, 0.3) is 32.0 Å². The van der Waals surface area contributed by atoms with Gasteiger partial charge in [-0.05, 0) is 84.1 Å². The number of hydrogen-bond acceptors (Lipinski definition) is 2. The van der Waals surface area contributed by atoms with Crippen LogP contribution in [-0.4, -0.2) is 0 Å². The van der Waals surface area contributed by atoms with Crippen LogP contribution in [0.5, 0.6) is 0 Å². The molecule has 0 spiro atoms. The Labute approximate surface area is 192 Å². The summed E-state index contributed by atoms with van der Waals surface area (Å²) < 4.78 is 0. The van der Waals surface area contributed by atoms with Gasteiger partial charge >= 0.3 is 0 Å². The molecule has 4 aromatic rings. The van der Waals surface area contributed by atoms with Gasteiger partial charge in [-0.3, -0.25) is 0 Å². The van der Waals surface area contributed by atoms with Gasteiger partial charge in [-0.1, -0.05) is 67.1 Å². The molecule has 1 saturated carbocycles. The van der Waals surface area contributed by atoms with Crippen molar-refractivity contribution in [3.05, 3.63) is 93.7 Å². The zero-order valence-electron chi connectivity index (χ0n) is 18.0. The standard InChI is InChI=1S/C29H26S2/c1-18-24(16-26(30-18)20-10-5-3-6-11-20)28-22-14-9-15-23(22)29(28)25-17-27(31-19(25)2)21-12-7-4-8-13-21/h3-8,10-13,16-17,22-23H,9,14-15H2,1-2H3. The first-order valence-corrected chi connectivity index (χ1v) is 12.9. The normalized spacial score (nSPS) is 20.1. The summed E-state index contributed by atoms with van der Waals surface area (Å²) in [5, 5.41) is 0. The Bertz CT molecular complexity index is 1170. The van der Waals surface area contributed by atoms with Crippen molar-refractivity contribution < 1.29 is 0 Å². The van der Waals surface area contributed by atoms with E-state index in [-0.39, 0.29) is 0 Å². The van der Waals surface area contributed by atoms with Crippen LogP contribution < -0.4 is 0 Å². The second-order valence-electron chi connectivity index (χ2n) is 8.86. The van der Waals surface area contributed by atoms with Crippen molar-refractivity contribution in [3.63, 3.8) is 0 Å². The molecule has 0 nitrogen and oxygen atoms in total. The van der Waals surface area contributed by atoms with E-state index in [9.17, 15) is 0 Å². The zero-order valence-corrected chi connectivity index (χ0v) is 19.7. The van der Waals surface area contributed by atoms with Crippen LogP contribution in [0.4, 0.5) is 0 Å². The van der Waals surface area contributed by atoms with E-state index in [1.807, 2.05) is 22.7 Å². The molecule has 2 aromatic heterocycles. The molecule has 0 aliphatic heterocycles. The molecule has 0 saturated heterocycles. The molecular formula is C29H26S2. The lowest BCUT2D eigenvalue weighted by Gasteiger charge is -2.38. The Morgan fingerprint density at radius 1 is 0.613 bits per heavy atom. The molecule has 0 bridgehead atoms. The maximum Gasteiger partial charge on any atom is 0.0351 e. The third-order valence-corrected chi connectivity index (χ3v) is 9.28. The number of allylic oxidation sites excluding steroid dienone is 2. The van der Waals surface area contributed by atoms with E-state index in [4.69, 9.17) is 0 Å². The van der Waals surface area contributed by atoms with Crippen LogP contribution in [0, 0.1) is 25.7 Å². The molecule has 2 aliphatic rings. The number of thiophene rings is 2. The van der Waals surface area contributed by atoms with E-state index >= 15 is 0 Å². The number of hydrogen-bond donors (Lipinski definition) is 0. The fourth-order valence-electron chi connectivity index (χ4n) is 5.63. The van der Waals surface area contributed by atoms with Crippen LogP contribution in [0.3, 0.4) is 0 Å². The Balaban J connectivity index is 1.48. The van der Waals surface area contributed by atoms with Crippen LogP contribution in [0.1, 0.15) is 40.1 Å². The van der Waals surface area contributed by atoms with E-state index in [2.05, 4.69) is 86.6 Å². The van der Waals surface area contributed by atoms with Crippen molar-refractivity contribution in [2.75, 3.05) is 0 Å². The van der Waals surface area contributed by atoms with Gasteiger partial charge in [-0.25, -0.2) is 0 Å². The van der Waals surface area contributed by atoms with Crippen molar-refractivity contribution in [2.24, 2.45) is 11.8 Å². The van der Waals surface area contributed by atoms with Gasteiger partial charge in [0.25, 0.3) is 0 Å². The lowest BCUT2D eigenvalue weighted by Crippen LogP contribution is -2.24. The fourth-order valence-corrected chi connectivity index (χ4v) is 7.71. The summed E-state index contributed by atoms with van der Waals surface area (Å²) in [6.07, 6.45) is 4.08. The first-order chi connectivity index (χ1) is 15.2. The van der Waals surface area contributed by atoms with E-state index in [1.54, 1.807) is 11.1 Å². The summed E-state index contributed by atoms with van der Waals surface area (Å²) >= 11 is 3.90. The van der Waals surface area contributed by atoms with Crippen LogP contribution in [0.15, 0.2) is 72.8 Å². The van der Waals surface area contributed by atoms with Gasteiger partial charge in [-0.15, -0.1) is 22.7 Å². The third-order valence-electron chi connectivity index (χ3n) is 7.08. The van der Waals surface area contributed by atoms with Crippen molar-refractivity contribution in [1.29, 1.82) is 0 Å². The second kappa shape index (κ2) is 7.62. The van der Waals surface area contributed by atoms with E-state index < -0.39 is 0 Å². The first kappa shape index (κ1) is 19.3. The van der Waals surface area contributed by atoms with Crippen molar-refractivity contribution in [3.8, 4) is 20.9 Å². The average molecular weight is 439 g/mol. The predicted molar refractivity (Wildman–Crippen MR) is 137 cm³/mol. The first-order valence-electron chi connectivity index (χ1n) is 11.3. The quantitative estimate of drug-likeness (QED) is 0.298. The Kier molecular flexibility index (Phi) is 4.74. The van der Waals surface area contributed by atoms with Crippen molar-refractivity contribution in [1.82, 2.24) is 0 Å². The lowest BCUT2D eigenvalue weighted by molar-refractivity contribution is 0.545. The Hall–Kier alpha value is -2.42. The predicted octanol–water partition coefficient (Wildman–Crippen LogP) is 9.10. The summed E-state index contributed by atoms with van der Waals surface area (Å²) in [6, 6.07) is 26.7. The van der Waals surface area contributed by atoms with Crippen LogP contribution >= 0.6 is 22.7 Å². The van der Waals surface area contributed by atoms with Crippen molar-refractivity contribution in [2.45, 2.75) is 33.1 Å². The molecule has 2 aliphatic carbocycles. The number of rotatable bonds is 4. The molecule has 6 rings (SSSR count). The maximum atomic E-state index is 2.47. The fraction of sp³-hybridized carbons (Fsp3) is 0.241. The van der Waals surface area contributed by atoms with Crippen molar-refractivity contribution >= 4 is 33.8 Å². The molecule has 31 heavy (non-hydrogen) atoms. The summed E-state index contributed by atoms with van der Waals surface area (Å²) in [7, 11) is 0. The Morgan fingerprint density at radius 2 is 1.03 bits per heavy atom. The maximum absolute atomic E-state index is 2.47. The highest BCUT2D eigenvalue weighted by Crippen LogP contribution is 2.61. The molecule has 0 radical (unpaired) electrons. The van der Waals surface area contributed by atoms with E-state index in [1.165, 1.54) is 61.0 Å².